The number of ether oxygens (including phenoxy) is 1. The lowest BCUT2D eigenvalue weighted by Crippen LogP contribution is -2.44. The number of aromatic amines is 1. The molecular formula is C19H23ClN4O3S. The number of rotatable bonds is 4. The molecule has 0 aliphatic carbocycles. The fourth-order valence-corrected chi connectivity index (χ4v) is 4.71. The number of nitrogens with one attached hydrogen (secondary N) is 1. The van der Waals surface area contributed by atoms with E-state index in [4.69, 9.17) is 4.74 Å². The molecule has 1 aliphatic heterocycles. The van der Waals surface area contributed by atoms with Gasteiger partial charge in [0.1, 0.15) is 5.75 Å². The summed E-state index contributed by atoms with van der Waals surface area (Å²) in [5.41, 5.74) is 1.65. The van der Waals surface area contributed by atoms with Gasteiger partial charge < -0.3 is 14.5 Å². The van der Waals surface area contributed by atoms with Crippen molar-refractivity contribution in [2.75, 3.05) is 45.2 Å². The van der Waals surface area contributed by atoms with Crippen molar-refractivity contribution in [3.8, 4) is 5.75 Å². The third-order valence-electron chi connectivity index (χ3n) is 4.99. The van der Waals surface area contributed by atoms with E-state index in [0.29, 0.717) is 16.7 Å². The van der Waals surface area contributed by atoms with Gasteiger partial charge in [-0.3, -0.25) is 5.10 Å². The molecule has 0 radical (unpaired) electrons. The number of anilines is 1. The number of halogens is 1. The zero-order valence-electron chi connectivity index (χ0n) is 15.8. The van der Waals surface area contributed by atoms with Crippen LogP contribution in [0.5, 0.6) is 5.75 Å². The van der Waals surface area contributed by atoms with Crippen molar-refractivity contribution < 1.29 is 13.2 Å². The summed E-state index contributed by atoms with van der Waals surface area (Å²) in [6.45, 7) is 3.80. The molecular weight excluding hydrogens is 400 g/mol. The summed E-state index contributed by atoms with van der Waals surface area (Å²) in [6, 6.07) is 12.2. The number of piperazine rings is 1. The average Bonchev–Trinajstić information content (AvgIpc) is 3.12. The van der Waals surface area contributed by atoms with Crippen molar-refractivity contribution in [2.45, 2.75) is 9.92 Å². The summed E-state index contributed by atoms with van der Waals surface area (Å²) in [6.07, 6.45) is 0. The molecule has 0 unspecified atom stereocenters. The van der Waals surface area contributed by atoms with Gasteiger partial charge in [-0.25, -0.2) is 8.42 Å². The van der Waals surface area contributed by atoms with Gasteiger partial charge in [-0.15, -0.1) is 12.4 Å². The number of H-pyrrole nitrogens is 1. The Hall–Kier alpha value is -2.29. The number of benzene rings is 2. The lowest BCUT2D eigenvalue weighted by atomic mass is 10.2. The van der Waals surface area contributed by atoms with E-state index in [9.17, 15) is 8.42 Å². The monoisotopic (exact) mass is 422 g/mol. The van der Waals surface area contributed by atoms with Crippen molar-refractivity contribution in [1.82, 2.24) is 15.1 Å². The molecule has 28 heavy (non-hydrogen) atoms. The summed E-state index contributed by atoms with van der Waals surface area (Å²) in [5, 5.41) is 7.63. The number of fused-ring (bicyclic) bond motifs is 1. The van der Waals surface area contributed by atoms with E-state index < -0.39 is 9.84 Å². The largest absolute Gasteiger partial charge is 0.497 e. The predicted octanol–water partition coefficient (Wildman–Crippen LogP) is 2.58. The van der Waals surface area contributed by atoms with Gasteiger partial charge in [-0.1, -0.05) is 6.07 Å². The molecule has 150 valence electrons. The molecule has 1 aromatic heterocycles. The fraction of sp³-hybridized carbons (Fsp3) is 0.316. The molecule has 0 saturated carbocycles. The van der Waals surface area contributed by atoms with Crippen LogP contribution >= 0.6 is 12.4 Å². The van der Waals surface area contributed by atoms with Crippen LogP contribution in [0, 0.1) is 0 Å². The van der Waals surface area contributed by atoms with Gasteiger partial charge in [0.2, 0.25) is 9.84 Å². The van der Waals surface area contributed by atoms with Gasteiger partial charge >= 0.3 is 0 Å². The summed E-state index contributed by atoms with van der Waals surface area (Å²) in [7, 11) is -0.116. The third kappa shape index (κ3) is 3.67. The zero-order chi connectivity index (χ0) is 19.0. The van der Waals surface area contributed by atoms with Crippen LogP contribution in [0.3, 0.4) is 0 Å². The van der Waals surface area contributed by atoms with E-state index in [-0.39, 0.29) is 22.3 Å². The molecule has 0 bridgehead atoms. The molecule has 1 fully saturated rings. The molecule has 7 nitrogen and oxygen atoms in total. The summed E-state index contributed by atoms with van der Waals surface area (Å²) < 4.78 is 31.5. The van der Waals surface area contributed by atoms with E-state index in [1.54, 1.807) is 18.2 Å². The Morgan fingerprint density at radius 3 is 2.54 bits per heavy atom. The SMILES string of the molecule is COc1cccc(S(=O)(=O)c2[nH]nc3ccc(N4CCN(C)CC4)cc23)c1.Cl. The Bertz CT molecular complexity index is 1080. The summed E-state index contributed by atoms with van der Waals surface area (Å²) in [4.78, 5) is 4.73. The van der Waals surface area contributed by atoms with Gasteiger partial charge in [-0.05, 0) is 43.4 Å². The minimum absolute atomic E-state index is 0. The van der Waals surface area contributed by atoms with E-state index in [1.165, 1.54) is 13.2 Å². The Labute approximate surface area is 170 Å². The third-order valence-corrected chi connectivity index (χ3v) is 6.71. The Balaban J connectivity index is 0.00000225. The molecule has 4 rings (SSSR count). The number of hydrogen-bond acceptors (Lipinski definition) is 6. The molecule has 1 aliphatic rings. The van der Waals surface area contributed by atoms with Gasteiger partial charge in [0, 0.05) is 37.3 Å². The first-order valence-electron chi connectivity index (χ1n) is 8.80. The second-order valence-electron chi connectivity index (χ2n) is 6.73. The molecule has 1 saturated heterocycles. The van der Waals surface area contributed by atoms with Crippen LogP contribution in [0.25, 0.3) is 10.9 Å². The van der Waals surface area contributed by atoms with Gasteiger partial charge in [-0.2, -0.15) is 5.10 Å². The van der Waals surface area contributed by atoms with Crippen LogP contribution in [-0.2, 0) is 9.84 Å². The van der Waals surface area contributed by atoms with Gasteiger partial charge in [0.25, 0.3) is 0 Å². The second-order valence-corrected chi connectivity index (χ2v) is 8.61. The maximum atomic E-state index is 13.2. The molecule has 0 atom stereocenters. The number of methoxy groups -OCH3 is 1. The highest BCUT2D eigenvalue weighted by molar-refractivity contribution is 7.91. The lowest BCUT2D eigenvalue weighted by Gasteiger charge is -2.34. The lowest BCUT2D eigenvalue weighted by molar-refractivity contribution is 0.313. The molecule has 0 amide bonds. The van der Waals surface area contributed by atoms with Gasteiger partial charge in [0.15, 0.2) is 5.03 Å². The molecule has 9 heteroatoms. The maximum Gasteiger partial charge on any atom is 0.224 e. The quantitative estimate of drug-likeness (QED) is 0.696. The number of hydrogen-bond donors (Lipinski definition) is 1. The van der Waals surface area contributed by atoms with Crippen LogP contribution in [0.15, 0.2) is 52.4 Å². The minimum Gasteiger partial charge on any atom is -0.497 e. The normalized spacial score (nSPS) is 15.4. The Morgan fingerprint density at radius 2 is 1.82 bits per heavy atom. The van der Waals surface area contributed by atoms with Crippen LogP contribution in [0.2, 0.25) is 0 Å². The highest BCUT2D eigenvalue weighted by Gasteiger charge is 2.24. The van der Waals surface area contributed by atoms with Crippen LogP contribution in [0.1, 0.15) is 0 Å². The average molecular weight is 423 g/mol. The van der Waals surface area contributed by atoms with E-state index in [1.807, 2.05) is 18.2 Å². The first kappa shape index (κ1) is 20.4. The van der Waals surface area contributed by atoms with E-state index in [0.717, 1.165) is 31.9 Å². The topological polar surface area (TPSA) is 78.5 Å². The number of sulfone groups is 1. The molecule has 2 heterocycles. The van der Waals surface area contributed by atoms with Crippen molar-refractivity contribution >= 4 is 38.8 Å². The minimum atomic E-state index is -3.74. The van der Waals surface area contributed by atoms with Crippen LogP contribution in [-0.4, -0.2) is 63.9 Å². The molecule has 2 aromatic carbocycles. The number of nitrogens with zero attached hydrogens (tertiary/aromatic N) is 3. The smallest absolute Gasteiger partial charge is 0.224 e. The van der Waals surface area contributed by atoms with Crippen molar-refractivity contribution in [3.63, 3.8) is 0 Å². The van der Waals surface area contributed by atoms with Crippen LogP contribution < -0.4 is 9.64 Å². The zero-order valence-corrected chi connectivity index (χ0v) is 17.4. The second kappa shape index (κ2) is 7.98. The van der Waals surface area contributed by atoms with Gasteiger partial charge in [0.05, 0.1) is 17.5 Å². The first-order chi connectivity index (χ1) is 13.0. The van der Waals surface area contributed by atoms with Crippen molar-refractivity contribution in [2.24, 2.45) is 0 Å². The number of likely N-dealkylation sites (N-methyl/N-ethyl adjacent to an activating group) is 1. The number of aromatic nitrogens is 2. The first-order valence-corrected chi connectivity index (χ1v) is 10.3. The van der Waals surface area contributed by atoms with Crippen LogP contribution in [0.4, 0.5) is 5.69 Å². The molecule has 0 spiro atoms. The summed E-state index contributed by atoms with van der Waals surface area (Å²) >= 11 is 0. The Kier molecular flexibility index (Phi) is 5.83. The maximum absolute atomic E-state index is 13.2. The van der Waals surface area contributed by atoms with E-state index in [2.05, 4.69) is 27.0 Å². The highest BCUT2D eigenvalue weighted by atomic mass is 35.5. The Morgan fingerprint density at radius 1 is 1.07 bits per heavy atom. The van der Waals surface area contributed by atoms with Crippen molar-refractivity contribution in [3.05, 3.63) is 42.5 Å². The standard InChI is InChI=1S/C19H22N4O3S.ClH/c1-22-8-10-23(11-9-22)14-6-7-18-17(12-14)19(21-20-18)27(24,25)16-5-3-4-15(13-16)26-2;/h3-7,12-13H,8-11H2,1-2H3,(H,20,21);1H. The van der Waals surface area contributed by atoms with E-state index >= 15 is 0 Å². The fourth-order valence-electron chi connectivity index (χ4n) is 3.33. The molecule has 1 N–H and O–H groups in total. The van der Waals surface area contributed by atoms with Crippen molar-refractivity contribution in [1.29, 1.82) is 0 Å². The predicted molar refractivity (Wildman–Crippen MR) is 111 cm³/mol. The summed E-state index contributed by atoms with van der Waals surface area (Å²) in [5.74, 6) is 0.498. The molecule has 3 aromatic rings. The highest BCUT2D eigenvalue weighted by Crippen LogP contribution is 2.31.